The molecule has 2 aromatic carbocycles. The highest BCUT2D eigenvalue weighted by molar-refractivity contribution is 6.58. The Bertz CT molecular complexity index is 555. The fourth-order valence-electron chi connectivity index (χ4n) is 2.14. The number of nitrogens with one attached hydrogen (secondary N) is 1. The van der Waals surface area contributed by atoms with Crippen molar-refractivity contribution in [3.05, 3.63) is 42.0 Å². The molecular weight excluding hydrogens is 237 g/mol. The molecule has 0 atom stereocenters. The number of benzene rings is 2. The number of hydrogen-bond donors (Lipinski definition) is 3. The van der Waals surface area contributed by atoms with Gasteiger partial charge in [-0.25, -0.2) is 0 Å². The first-order valence-corrected chi connectivity index (χ1v) is 6.68. The van der Waals surface area contributed by atoms with Crippen molar-refractivity contribution in [3.8, 4) is 0 Å². The third kappa shape index (κ3) is 3.80. The van der Waals surface area contributed by atoms with E-state index >= 15 is 0 Å². The van der Waals surface area contributed by atoms with Gasteiger partial charge in [-0.15, -0.1) is 0 Å². The summed E-state index contributed by atoms with van der Waals surface area (Å²) in [5.41, 5.74) is 1.79. The van der Waals surface area contributed by atoms with Crippen LogP contribution in [-0.4, -0.2) is 29.8 Å². The van der Waals surface area contributed by atoms with Gasteiger partial charge in [0.1, 0.15) is 0 Å². The lowest BCUT2D eigenvalue weighted by Gasteiger charge is -2.09. The van der Waals surface area contributed by atoms with Gasteiger partial charge in [-0.05, 0) is 34.8 Å². The van der Waals surface area contributed by atoms with Crippen molar-refractivity contribution < 1.29 is 10.0 Å². The predicted molar refractivity (Wildman–Crippen MR) is 80.6 cm³/mol. The summed E-state index contributed by atoms with van der Waals surface area (Å²) in [7, 11) is -1.41. The second-order valence-electron chi connectivity index (χ2n) is 5.17. The fraction of sp³-hybridized carbons (Fsp3) is 0.333. The Hall–Kier alpha value is -1.36. The Morgan fingerprint density at radius 2 is 1.79 bits per heavy atom. The van der Waals surface area contributed by atoms with Gasteiger partial charge in [0, 0.05) is 6.04 Å². The first-order valence-electron chi connectivity index (χ1n) is 6.68. The van der Waals surface area contributed by atoms with Crippen molar-refractivity contribution in [1.29, 1.82) is 0 Å². The van der Waals surface area contributed by atoms with E-state index in [1.54, 1.807) is 6.07 Å². The molecule has 19 heavy (non-hydrogen) atoms. The second-order valence-corrected chi connectivity index (χ2v) is 5.17. The largest absolute Gasteiger partial charge is 0.488 e. The van der Waals surface area contributed by atoms with Gasteiger partial charge in [-0.3, -0.25) is 0 Å². The molecule has 100 valence electrons. The molecule has 2 rings (SSSR count). The molecule has 0 aliphatic rings. The summed E-state index contributed by atoms with van der Waals surface area (Å²) in [6, 6.07) is 12.3. The average molecular weight is 257 g/mol. The van der Waals surface area contributed by atoms with Crippen molar-refractivity contribution in [3.63, 3.8) is 0 Å². The van der Waals surface area contributed by atoms with Crippen LogP contribution in [-0.2, 0) is 6.42 Å². The summed E-state index contributed by atoms with van der Waals surface area (Å²) in [6.07, 6.45) is 0.972. The van der Waals surface area contributed by atoms with E-state index in [1.807, 2.05) is 12.1 Å². The first-order chi connectivity index (χ1) is 9.06. The van der Waals surface area contributed by atoms with Crippen LogP contribution in [0.15, 0.2) is 36.4 Å². The van der Waals surface area contributed by atoms with Crippen molar-refractivity contribution in [1.82, 2.24) is 5.32 Å². The molecule has 0 fully saturated rings. The minimum Gasteiger partial charge on any atom is -0.423 e. The number of hydrogen-bond acceptors (Lipinski definition) is 3. The highest BCUT2D eigenvalue weighted by Gasteiger charge is 2.10. The maximum Gasteiger partial charge on any atom is 0.488 e. The lowest BCUT2D eigenvalue weighted by atomic mass is 9.79. The molecule has 0 aliphatic carbocycles. The number of rotatable bonds is 5. The molecule has 0 aliphatic heterocycles. The van der Waals surface area contributed by atoms with Gasteiger partial charge >= 0.3 is 7.12 Å². The molecule has 0 saturated carbocycles. The van der Waals surface area contributed by atoms with Crippen LogP contribution in [0.1, 0.15) is 19.4 Å². The molecule has 0 saturated heterocycles. The van der Waals surface area contributed by atoms with E-state index in [2.05, 4.69) is 37.4 Å². The molecule has 2 aromatic rings. The van der Waals surface area contributed by atoms with Crippen LogP contribution in [0.2, 0.25) is 0 Å². The normalized spacial score (nSPS) is 11.2. The molecule has 0 radical (unpaired) electrons. The summed E-state index contributed by atoms with van der Waals surface area (Å²) in [5.74, 6) is 0. The van der Waals surface area contributed by atoms with Gasteiger partial charge < -0.3 is 15.4 Å². The topological polar surface area (TPSA) is 52.5 Å². The smallest absolute Gasteiger partial charge is 0.423 e. The van der Waals surface area contributed by atoms with Crippen LogP contribution in [0.3, 0.4) is 0 Å². The summed E-state index contributed by atoms with van der Waals surface area (Å²) in [6.45, 7) is 5.22. The van der Waals surface area contributed by atoms with Crippen molar-refractivity contribution in [2.24, 2.45) is 0 Å². The summed E-state index contributed by atoms with van der Waals surface area (Å²) in [4.78, 5) is 0. The van der Waals surface area contributed by atoms with Crippen LogP contribution >= 0.6 is 0 Å². The van der Waals surface area contributed by atoms with Crippen LogP contribution in [0.4, 0.5) is 0 Å². The molecule has 3 nitrogen and oxygen atoms in total. The summed E-state index contributed by atoms with van der Waals surface area (Å²) in [5, 5.41) is 24.0. The lowest BCUT2D eigenvalue weighted by Crippen LogP contribution is -2.29. The Balaban J connectivity index is 2.18. The van der Waals surface area contributed by atoms with E-state index in [1.165, 1.54) is 5.56 Å². The van der Waals surface area contributed by atoms with E-state index in [-0.39, 0.29) is 0 Å². The minimum atomic E-state index is -1.41. The Labute approximate surface area is 114 Å². The van der Waals surface area contributed by atoms with Gasteiger partial charge in [0.05, 0.1) is 0 Å². The monoisotopic (exact) mass is 257 g/mol. The highest BCUT2D eigenvalue weighted by atomic mass is 16.4. The zero-order valence-corrected chi connectivity index (χ0v) is 11.4. The van der Waals surface area contributed by atoms with Crippen LogP contribution < -0.4 is 10.8 Å². The molecule has 0 bridgehead atoms. The lowest BCUT2D eigenvalue weighted by molar-refractivity contribution is 0.426. The third-order valence-corrected chi connectivity index (χ3v) is 3.19. The molecule has 0 unspecified atom stereocenters. The van der Waals surface area contributed by atoms with Crippen LogP contribution in [0.5, 0.6) is 0 Å². The van der Waals surface area contributed by atoms with Gasteiger partial charge in [0.25, 0.3) is 0 Å². The standard InChI is InChI=1S/C15H20BNO2/c1-11(2)17-8-7-12-3-4-13-5-6-15(16(18)19)10-14(13)9-12/h3-6,9-11,17-19H,7-8H2,1-2H3. The molecular formula is C15H20BNO2. The quantitative estimate of drug-likeness (QED) is 0.702. The van der Waals surface area contributed by atoms with Gasteiger partial charge in [0.2, 0.25) is 0 Å². The minimum absolute atomic E-state index is 0.497. The average Bonchev–Trinajstić information content (AvgIpc) is 2.37. The summed E-state index contributed by atoms with van der Waals surface area (Å²) < 4.78 is 0. The molecule has 0 amide bonds. The predicted octanol–water partition coefficient (Wildman–Crippen LogP) is 1.06. The van der Waals surface area contributed by atoms with E-state index < -0.39 is 7.12 Å². The Morgan fingerprint density at radius 1 is 1.05 bits per heavy atom. The first kappa shape index (κ1) is 14.1. The molecule has 0 spiro atoms. The van der Waals surface area contributed by atoms with E-state index in [4.69, 9.17) is 0 Å². The maximum absolute atomic E-state index is 9.20. The van der Waals surface area contributed by atoms with Crippen molar-refractivity contribution >= 4 is 23.4 Å². The van der Waals surface area contributed by atoms with Gasteiger partial charge in [-0.1, -0.05) is 50.2 Å². The molecule has 3 N–H and O–H groups in total. The zero-order valence-electron chi connectivity index (χ0n) is 11.4. The molecule has 0 aromatic heterocycles. The van der Waals surface area contributed by atoms with E-state index in [0.717, 1.165) is 23.7 Å². The van der Waals surface area contributed by atoms with Gasteiger partial charge in [0.15, 0.2) is 0 Å². The van der Waals surface area contributed by atoms with E-state index in [0.29, 0.717) is 11.5 Å². The Morgan fingerprint density at radius 3 is 2.47 bits per heavy atom. The van der Waals surface area contributed by atoms with Crippen LogP contribution in [0.25, 0.3) is 10.8 Å². The SMILES string of the molecule is CC(C)NCCc1ccc2ccc(B(O)O)cc2c1. The number of fused-ring (bicyclic) bond motifs is 1. The van der Waals surface area contributed by atoms with Crippen LogP contribution in [0, 0.1) is 0 Å². The fourth-order valence-corrected chi connectivity index (χ4v) is 2.14. The Kier molecular flexibility index (Phi) is 4.58. The zero-order chi connectivity index (χ0) is 13.8. The van der Waals surface area contributed by atoms with Crippen molar-refractivity contribution in [2.75, 3.05) is 6.54 Å². The summed E-state index contributed by atoms with van der Waals surface area (Å²) >= 11 is 0. The van der Waals surface area contributed by atoms with E-state index in [9.17, 15) is 10.0 Å². The second kappa shape index (κ2) is 6.19. The third-order valence-electron chi connectivity index (χ3n) is 3.19. The molecule has 0 heterocycles. The molecule has 4 heteroatoms. The van der Waals surface area contributed by atoms with Crippen molar-refractivity contribution in [2.45, 2.75) is 26.3 Å². The highest BCUT2D eigenvalue weighted by Crippen LogP contribution is 2.15. The maximum atomic E-state index is 9.20. The van der Waals surface area contributed by atoms with Gasteiger partial charge in [-0.2, -0.15) is 0 Å².